The summed E-state index contributed by atoms with van der Waals surface area (Å²) >= 11 is 0. The standard InChI is InChI=1S/C31H29N3O4/c1-6-37-29(35)16-15-23-17-21(2)22(3)28(18-23)38-31(4,5)30(36)34(26-13-9-7-11-24(26)19-32)27-14-10-8-12-25(27)20-33/h7-18H,6H2,1-5H3/b16-15+. The Bertz CT molecular complexity index is 1420. The number of anilines is 2. The molecule has 0 heterocycles. The van der Waals surface area contributed by atoms with Gasteiger partial charge in [-0.25, -0.2) is 4.79 Å². The molecule has 3 aromatic rings. The lowest BCUT2D eigenvalue weighted by molar-refractivity contribution is -0.137. The van der Waals surface area contributed by atoms with Gasteiger partial charge in [0.05, 0.1) is 29.1 Å². The van der Waals surface area contributed by atoms with Crippen molar-refractivity contribution in [2.24, 2.45) is 0 Å². The fourth-order valence-electron chi connectivity index (χ4n) is 3.87. The van der Waals surface area contributed by atoms with E-state index in [4.69, 9.17) is 9.47 Å². The van der Waals surface area contributed by atoms with Crippen molar-refractivity contribution in [3.05, 3.63) is 94.6 Å². The van der Waals surface area contributed by atoms with E-state index in [1.165, 1.54) is 11.0 Å². The number of aryl methyl sites for hydroxylation is 1. The molecule has 0 bridgehead atoms. The van der Waals surface area contributed by atoms with Crippen LogP contribution in [-0.2, 0) is 14.3 Å². The zero-order valence-electron chi connectivity index (χ0n) is 22.1. The van der Waals surface area contributed by atoms with Crippen LogP contribution in [0.5, 0.6) is 5.75 Å². The Hall–Kier alpha value is -4.88. The highest BCUT2D eigenvalue weighted by Crippen LogP contribution is 2.35. The van der Waals surface area contributed by atoms with Crippen LogP contribution in [0, 0.1) is 36.5 Å². The lowest BCUT2D eigenvalue weighted by Crippen LogP contribution is -2.47. The highest BCUT2D eigenvalue weighted by atomic mass is 16.5. The molecule has 0 aliphatic carbocycles. The van der Waals surface area contributed by atoms with Crippen molar-refractivity contribution in [1.29, 1.82) is 10.5 Å². The van der Waals surface area contributed by atoms with Crippen LogP contribution in [0.15, 0.2) is 66.7 Å². The van der Waals surface area contributed by atoms with Crippen LogP contribution in [0.4, 0.5) is 11.4 Å². The molecule has 0 saturated carbocycles. The molecule has 3 aromatic carbocycles. The quantitative estimate of drug-likeness (QED) is 0.268. The molecule has 0 N–H and O–H groups in total. The summed E-state index contributed by atoms with van der Waals surface area (Å²) in [4.78, 5) is 27.3. The maximum absolute atomic E-state index is 14.2. The van der Waals surface area contributed by atoms with Gasteiger partial charge in [0.2, 0.25) is 0 Å². The van der Waals surface area contributed by atoms with Gasteiger partial charge in [0, 0.05) is 6.08 Å². The number of nitrogens with zero attached hydrogens (tertiary/aromatic N) is 3. The third-order valence-electron chi connectivity index (χ3n) is 5.95. The van der Waals surface area contributed by atoms with Crippen LogP contribution < -0.4 is 9.64 Å². The van der Waals surface area contributed by atoms with Gasteiger partial charge < -0.3 is 9.47 Å². The number of carbonyl (C=O) groups excluding carboxylic acids is 2. The SMILES string of the molecule is CCOC(=O)/C=C/c1cc(C)c(C)c(OC(C)(C)C(=O)N(c2ccccc2C#N)c2ccccc2C#N)c1. The molecular formula is C31H29N3O4. The summed E-state index contributed by atoms with van der Waals surface area (Å²) in [6.45, 7) is 9.10. The van der Waals surface area contributed by atoms with E-state index in [0.717, 1.165) is 11.1 Å². The molecule has 192 valence electrons. The third kappa shape index (κ3) is 6.08. The van der Waals surface area contributed by atoms with E-state index in [9.17, 15) is 20.1 Å². The molecular weight excluding hydrogens is 478 g/mol. The Morgan fingerprint density at radius 1 is 0.947 bits per heavy atom. The average molecular weight is 508 g/mol. The van der Waals surface area contributed by atoms with Crippen molar-refractivity contribution in [3.8, 4) is 17.9 Å². The lowest BCUT2D eigenvalue weighted by atomic mass is 10.0. The van der Waals surface area contributed by atoms with Crippen molar-refractivity contribution in [2.45, 2.75) is 40.2 Å². The molecule has 0 aliphatic heterocycles. The van der Waals surface area contributed by atoms with Crippen molar-refractivity contribution >= 4 is 29.3 Å². The number of nitriles is 2. The zero-order chi connectivity index (χ0) is 27.9. The Morgan fingerprint density at radius 2 is 1.50 bits per heavy atom. The van der Waals surface area contributed by atoms with Crippen LogP contribution in [0.2, 0.25) is 0 Å². The summed E-state index contributed by atoms with van der Waals surface area (Å²) in [5, 5.41) is 19.5. The largest absolute Gasteiger partial charge is 0.478 e. The number of hydrogen-bond donors (Lipinski definition) is 0. The van der Waals surface area contributed by atoms with Gasteiger partial charge in [-0.15, -0.1) is 0 Å². The smallest absolute Gasteiger partial charge is 0.330 e. The second-order valence-electron chi connectivity index (χ2n) is 9.06. The van der Waals surface area contributed by atoms with E-state index >= 15 is 0 Å². The van der Waals surface area contributed by atoms with E-state index < -0.39 is 17.5 Å². The van der Waals surface area contributed by atoms with E-state index in [0.29, 0.717) is 22.7 Å². The first-order valence-electron chi connectivity index (χ1n) is 12.1. The Balaban J connectivity index is 2.08. The van der Waals surface area contributed by atoms with Crippen LogP contribution in [0.3, 0.4) is 0 Å². The molecule has 0 radical (unpaired) electrons. The monoisotopic (exact) mass is 507 g/mol. The minimum Gasteiger partial charge on any atom is -0.478 e. The van der Waals surface area contributed by atoms with Gasteiger partial charge in [0.25, 0.3) is 5.91 Å². The summed E-state index contributed by atoms with van der Waals surface area (Å²) in [6.07, 6.45) is 2.97. The number of para-hydroxylation sites is 2. The van der Waals surface area contributed by atoms with Gasteiger partial charge in [-0.1, -0.05) is 30.3 Å². The van der Waals surface area contributed by atoms with Gasteiger partial charge >= 0.3 is 5.97 Å². The van der Waals surface area contributed by atoms with E-state index in [1.807, 2.05) is 19.9 Å². The molecule has 1 amide bonds. The van der Waals surface area contributed by atoms with E-state index in [-0.39, 0.29) is 17.7 Å². The molecule has 38 heavy (non-hydrogen) atoms. The molecule has 0 spiro atoms. The van der Waals surface area contributed by atoms with Gasteiger partial charge in [0.15, 0.2) is 5.60 Å². The Kier molecular flexibility index (Phi) is 8.68. The van der Waals surface area contributed by atoms with Crippen molar-refractivity contribution < 1.29 is 19.1 Å². The first-order valence-corrected chi connectivity index (χ1v) is 12.1. The van der Waals surface area contributed by atoms with E-state index in [1.54, 1.807) is 81.4 Å². The van der Waals surface area contributed by atoms with Crippen LogP contribution >= 0.6 is 0 Å². The zero-order valence-corrected chi connectivity index (χ0v) is 22.1. The molecule has 0 aromatic heterocycles. The highest BCUT2D eigenvalue weighted by molar-refractivity contribution is 6.07. The summed E-state index contributed by atoms with van der Waals surface area (Å²) < 4.78 is 11.3. The predicted octanol–water partition coefficient (Wildman–Crippen LogP) is 6.15. The van der Waals surface area contributed by atoms with E-state index in [2.05, 4.69) is 12.1 Å². The maximum Gasteiger partial charge on any atom is 0.330 e. The van der Waals surface area contributed by atoms with Crippen molar-refractivity contribution in [3.63, 3.8) is 0 Å². The molecule has 0 saturated heterocycles. The number of ether oxygens (including phenoxy) is 2. The molecule has 7 heteroatoms. The fraction of sp³-hybridized carbons (Fsp3) is 0.226. The fourth-order valence-corrected chi connectivity index (χ4v) is 3.87. The second kappa shape index (κ2) is 11.9. The van der Waals surface area contributed by atoms with Crippen LogP contribution in [-0.4, -0.2) is 24.1 Å². The highest BCUT2D eigenvalue weighted by Gasteiger charge is 2.38. The third-order valence-corrected chi connectivity index (χ3v) is 5.95. The minimum atomic E-state index is -1.41. The van der Waals surface area contributed by atoms with Crippen LogP contribution in [0.1, 0.15) is 48.6 Å². The number of benzene rings is 3. The van der Waals surface area contributed by atoms with Gasteiger partial charge in [0.1, 0.15) is 17.9 Å². The normalized spacial score (nSPS) is 10.9. The molecule has 0 unspecified atom stereocenters. The molecule has 0 fully saturated rings. The first kappa shape index (κ1) is 27.7. The van der Waals surface area contributed by atoms with Crippen molar-refractivity contribution in [1.82, 2.24) is 0 Å². The number of hydrogen-bond acceptors (Lipinski definition) is 6. The molecule has 0 aliphatic rings. The summed E-state index contributed by atoms with van der Waals surface area (Å²) in [6, 6.07) is 21.4. The predicted molar refractivity (Wildman–Crippen MR) is 146 cm³/mol. The summed E-state index contributed by atoms with van der Waals surface area (Å²) in [7, 11) is 0. The first-order chi connectivity index (χ1) is 18.1. The Morgan fingerprint density at radius 3 is 2.03 bits per heavy atom. The number of carbonyl (C=O) groups is 2. The van der Waals surface area contributed by atoms with Gasteiger partial charge in [-0.05, 0) is 87.7 Å². The minimum absolute atomic E-state index is 0.279. The van der Waals surface area contributed by atoms with Gasteiger partial charge in [-0.2, -0.15) is 10.5 Å². The maximum atomic E-state index is 14.2. The Labute approximate surface area is 223 Å². The molecule has 3 rings (SSSR count). The average Bonchev–Trinajstić information content (AvgIpc) is 2.90. The summed E-state index contributed by atoms with van der Waals surface area (Å²) in [5.74, 6) is -0.451. The number of amides is 1. The van der Waals surface area contributed by atoms with Gasteiger partial charge in [-0.3, -0.25) is 9.69 Å². The molecule has 0 atom stereocenters. The van der Waals surface area contributed by atoms with Crippen LogP contribution in [0.25, 0.3) is 6.08 Å². The van der Waals surface area contributed by atoms with Crippen molar-refractivity contribution in [2.75, 3.05) is 11.5 Å². The molecule has 7 nitrogen and oxygen atoms in total. The second-order valence-corrected chi connectivity index (χ2v) is 9.06. The number of esters is 1. The lowest BCUT2D eigenvalue weighted by Gasteiger charge is -2.34. The summed E-state index contributed by atoms with van der Waals surface area (Å²) in [5.41, 5.74) is 2.30. The number of rotatable bonds is 8. The topological polar surface area (TPSA) is 103 Å².